The average Bonchev–Trinajstić information content (AvgIpc) is 3.30. The van der Waals surface area contributed by atoms with Gasteiger partial charge in [-0.2, -0.15) is 5.26 Å². The largest absolute Gasteiger partial charge is 0.360 e. The lowest BCUT2D eigenvalue weighted by molar-refractivity contribution is 0.127. The Bertz CT molecular complexity index is 1260. The van der Waals surface area contributed by atoms with Crippen molar-refractivity contribution >= 4 is 11.5 Å². The van der Waals surface area contributed by atoms with E-state index in [1.165, 1.54) is 21.6 Å². The second-order valence-electron chi connectivity index (χ2n) is 5.89. The Labute approximate surface area is 157 Å². The normalized spacial score (nSPS) is 10.9. The molecule has 0 N–H and O–H groups in total. The number of nitrogens with zero attached hydrogens (tertiary/aromatic N) is 7. The second-order valence-corrected chi connectivity index (χ2v) is 5.89. The predicted octanol–water partition coefficient (Wildman–Crippen LogP) is 3.95. The Kier molecular flexibility index (Phi) is 4.26. The Morgan fingerprint density at radius 1 is 1.21 bits per heavy atom. The molecule has 0 spiro atoms. The van der Waals surface area contributed by atoms with Crippen molar-refractivity contribution < 1.29 is 8.78 Å². The number of aromatic nitrogens is 5. The van der Waals surface area contributed by atoms with E-state index in [2.05, 4.69) is 26.0 Å². The summed E-state index contributed by atoms with van der Waals surface area (Å²) in [5, 5.41) is 13.6. The van der Waals surface area contributed by atoms with Gasteiger partial charge in [0, 0.05) is 11.6 Å². The Balaban J connectivity index is 1.95. The van der Waals surface area contributed by atoms with Crippen LogP contribution in [0, 0.1) is 17.9 Å². The number of hydrogen-bond donors (Lipinski definition) is 0. The molecule has 4 aromatic rings. The van der Waals surface area contributed by atoms with E-state index in [0.717, 1.165) is 0 Å². The summed E-state index contributed by atoms with van der Waals surface area (Å²) in [7, 11) is 0. The number of imidazole rings is 2. The van der Waals surface area contributed by atoms with Gasteiger partial charge in [-0.25, -0.2) is 18.7 Å². The molecule has 3 aromatic heterocycles. The fourth-order valence-electron chi connectivity index (χ4n) is 2.95. The van der Waals surface area contributed by atoms with Crippen LogP contribution in [0.3, 0.4) is 0 Å². The number of rotatable bonds is 4. The van der Waals surface area contributed by atoms with Crippen LogP contribution in [0.15, 0.2) is 48.9 Å². The van der Waals surface area contributed by atoms with Crippen molar-refractivity contribution in [3.05, 3.63) is 65.9 Å². The van der Waals surface area contributed by atoms with Crippen molar-refractivity contribution in [2.24, 2.45) is 0 Å². The van der Waals surface area contributed by atoms with Gasteiger partial charge in [0.25, 0.3) is 12.2 Å². The number of fused-ring (bicyclic) bond motifs is 1. The molecule has 136 valence electrons. The quantitative estimate of drug-likeness (QED) is 0.506. The molecule has 0 amide bonds. The molecule has 1 aromatic carbocycles. The highest BCUT2D eigenvalue weighted by Crippen LogP contribution is 2.31. The molecule has 0 unspecified atom stereocenters. The monoisotopic (exact) mass is 375 g/mol. The summed E-state index contributed by atoms with van der Waals surface area (Å²) in [6, 6.07) is 12.1. The summed E-state index contributed by atoms with van der Waals surface area (Å²) in [6.45, 7) is 6.66. The minimum atomic E-state index is -2.58. The lowest BCUT2D eigenvalue weighted by Gasteiger charge is -2.09. The number of halogens is 2. The first-order chi connectivity index (χ1) is 13.6. The molecule has 3 heterocycles. The van der Waals surface area contributed by atoms with E-state index in [-0.39, 0.29) is 5.82 Å². The molecule has 0 aliphatic carbocycles. The molecule has 0 radical (unpaired) electrons. The highest BCUT2D eigenvalue weighted by atomic mass is 19.3. The molecule has 7 nitrogen and oxygen atoms in total. The van der Waals surface area contributed by atoms with Crippen LogP contribution in [-0.4, -0.2) is 30.6 Å². The van der Waals surface area contributed by atoms with E-state index in [1.807, 2.05) is 0 Å². The van der Waals surface area contributed by atoms with Gasteiger partial charge in [0.2, 0.25) is 5.65 Å². The smallest absolute Gasteiger partial charge is 0.275 e. The molecule has 0 fully saturated rings. The van der Waals surface area contributed by atoms with E-state index in [1.54, 1.807) is 36.4 Å². The van der Waals surface area contributed by atoms with Crippen molar-refractivity contribution in [2.45, 2.75) is 13.0 Å². The van der Waals surface area contributed by atoms with Crippen LogP contribution in [0.1, 0.15) is 5.56 Å². The fraction of sp³-hybridized carbons (Fsp3) is 0.105. The highest BCUT2D eigenvalue weighted by Gasteiger charge is 2.20. The summed E-state index contributed by atoms with van der Waals surface area (Å²) in [5.41, 5.74) is 2.68. The maximum absolute atomic E-state index is 13.1. The van der Waals surface area contributed by atoms with Gasteiger partial charge in [0.15, 0.2) is 0 Å². The topological polar surface area (TPSA) is 76.2 Å². The summed E-state index contributed by atoms with van der Waals surface area (Å²) in [5.74, 6) is 0.213. The average molecular weight is 375 g/mol. The van der Waals surface area contributed by atoms with Crippen LogP contribution in [-0.2, 0) is 6.54 Å². The molecule has 0 saturated heterocycles. The van der Waals surface area contributed by atoms with E-state index in [4.69, 9.17) is 11.8 Å². The number of benzene rings is 1. The van der Waals surface area contributed by atoms with Crippen LogP contribution in [0.4, 0.5) is 14.6 Å². The zero-order chi connectivity index (χ0) is 19.7. The Morgan fingerprint density at radius 2 is 2.07 bits per heavy atom. The lowest BCUT2D eigenvalue weighted by atomic mass is 10.1. The molecule has 4 rings (SSSR count). The maximum Gasteiger partial charge on any atom is 0.275 e. The third-order valence-electron chi connectivity index (χ3n) is 4.14. The van der Waals surface area contributed by atoms with E-state index in [0.29, 0.717) is 33.9 Å². The summed E-state index contributed by atoms with van der Waals surface area (Å²) < 4.78 is 28.9. The van der Waals surface area contributed by atoms with Crippen LogP contribution in [0.25, 0.3) is 33.1 Å². The molecular formula is C19H11F2N7. The van der Waals surface area contributed by atoms with Crippen LogP contribution in [0.2, 0.25) is 0 Å². The zero-order valence-corrected chi connectivity index (χ0v) is 14.3. The van der Waals surface area contributed by atoms with Crippen molar-refractivity contribution in [2.75, 3.05) is 0 Å². The molecule has 0 bridgehead atoms. The SMILES string of the molecule is [C-]#[N+]c1cnc2ccc(-c3c(-c4cccc(C#N)c4)ncn3CC(F)F)nn12. The molecule has 0 atom stereocenters. The Hall–Kier alpha value is -4.11. The van der Waals surface area contributed by atoms with Gasteiger partial charge in [0.1, 0.15) is 5.69 Å². The lowest BCUT2D eigenvalue weighted by Crippen LogP contribution is -2.08. The van der Waals surface area contributed by atoms with Crippen LogP contribution in [0.5, 0.6) is 0 Å². The van der Waals surface area contributed by atoms with E-state index >= 15 is 0 Å². The second kappa shape index (κ2) is 6.89. The Morgan fingerprint density at radius 3 is 2.82 bits per heavy atom. The predicted molar refractivity (Wildman–Crippen MR) is 96.6 cm³/mol. The number of alkyl halides is 2. The van der Waals surface area contributed by atoms with Crippen molar-refractivity contribution in [1.29, 1.82) is 5.26 Å². The maximum atomic E-state index is 13.1. The van der Waals surface area contributed by atoms with Crippen molar-refractivity contribution in [3.8, 4) is 28.7 Å². The minimum Gasteiger partial charge on any atom is -0.360 e. The van der Waals surface area contributed by atoms with Gasteiger partial charge < -0.3 is 9.41 Å². The van der Waals surface area contributed by atoms with Crippen molar-refractivity contribution in [3.63, 3.8) is 0 Å². The van der Waals surface area contributed by atoms with E-state index < -0.39 is 13.0 Å². The van der Waals surface area contributed by atoms with Gasteiger partial charge in [-0.15, -0.1) is 4.52 Å². The summed E-state index contributed by atoms with van der Waals surface area (Å²) >= 11 is 0. The van der Waals surface area contributed by atoms with Crippen molar-refractivity contribution in [1.82, 2.24) is 24.1 Å². The molecule has 0 aliphatic rings. The molecule has 9 heteroatoms. The first kappa shape index (κ1) is 17.3. The van der Waals surface area contributed by atoms with Crippen LogP contribution >= 0.6 is 0 Å². The third kappa shape index (κ3) is 2.95. The van der Waals surface area contributed by atoms with Gasteiger partial charge >= 0.3 is 0 Å². The summed E-state index contributed by atoms with van der Waals surface area (Å²) in [4.78, 5) is 11.8. The molecule has 0 saturated carbocycles. The number of nitriles is 1. The van der Waals surface area contributed by atoms with E-state index in [9.17, 15) is 8.78 Å². The van der Waals surface area contributed by atoms with Gasteiger partial charge in [-0.3, -0.25) is 0 Å². The molecule has 28 heavy (non-hydrogen) atoms. The number of hydrogen-bond acceptors (Lipinski definition) is 4. The van der Waals surface area contributed by atoms with Gasteiger partial charge in [-0.05, 0) is 18.2 Å². The molecule has 0 aliphatic heterocycles. The zero-order valence-electron chi connectivity index (χ0n) is 14.3. The van der Waals surface area contributed by atoms with Crippen LogP contribution < -0.4 is 0 Å². The first-order valence-electron chi connectivity index (χ1n) is 8.17. The van der Waals surface area contributed by atoms with Gasteiger partial charge in [-0.1, -0.05) is 23.8 Å². The first-order valence-corrected chi connectivity index (χ1v) is 8.17. The third-order valence-corrected chi connectivity index (χ3v) is 4.14. The standard InChI is InChI=1S/C19H11F2N7/c1-23-17-9-24-16-6-5-14(26-28(16)17)19-18(25-11-27(19)10-15(20)21)13-4-2-3-12(7-13)8-22/h2-7,9,11,15H,10H2. The van der Waals surface area contributed by atoms with Gasteiger partial charge in [0.05, 0.1) is 42.1 Å². The summed E-state index contributed by atoms with van der Waals surface area (Å²) in [6.07, 6.45) is 0.139. The highest BCUT2D eigenvalue weighted by molar-refractivity contribution is 5.77. The minimum absolute atomic E-state index is 0.213. The fourth-order valence-corrected chi connectivity index (χ4v) is 2.95. The molecular weight excluding hydrogens is 364 g/mol.